The zero-order chi connectivity index (χ0) is 23.6. The van der Waals surface area contributed by atoms with E-state index in [4.69, 9.17) is 0 Å². The van der Waals surface area contributed by atoms with Crippen molar-refractivity contribution in [3.05, 3.63) is 6.17 Å². The van der Waals surface area contributed by atoms with Crippen LogP contribution in [0, 0.1) is 6.17 Å². The molecular formula is C9F19. The summed E-state index contributed by atoms with van der Waals surface area (Å²) in [4.78, 5) is 0. The predicted molar refractivity (Wildman–Crippen MR) is 46.1 cm³/mol. The third kappa shape index (κ3) is 3.30. The number of hydrogen-bond acceptors (Lipinski definition) is 0. The number of halogens is 19. The van der Waals surface area contributed by atoms with E-state index < -0.39 is 54.1 Å². The van der Waals surface area contributed by atoms with E-state index >= 15 is 0 Å². The van der Waals surface area contributed by atoms with E-state index in [9.17, 15) is 83.4 Å². The van der Waals surface area contributed by atoms with Crippen molar-refractivity contribution in [1.82, 2.24) is 0 Å². The van der Waals surface area contributed by atoms with Crippen LogP contribution >= 0.6 is 0 Å². The zero-order valence-corrected chi connectivity index (χ0v) is 11.7. The topological polar surface area (TPSA) is 0 Å². The third-order valence-electron chi connectivity index (χ3n) is 2.85. The summed E-state index contributed by atoms with van der Waals surface area (Å²) < 4.78 is 235. The maximum Gasteiger partial charge on any atom is 0.460 e. The molecule has 0 bridgehead atoms. The van der Waals surface area contributed by atoms with E-state index in [1.54, 1.807) is 0 Å². The van der Waals surface area contributed by atoms with Gasteiger partial charge < -0.3 is 0 Å². The molecule has 0 aliphatic carbocycles. The highest BCUT2D eigenvalue weighted by atomic mass is 19.4. The maximum atomic E-state index is 12.9. The summed E-state index contributed by atoms with van der Waals surface area (Å²) in [6.45, 7) is 0. The molecule has 1 radical (unpaired) electrons. The van der Waals surface area contributed by atoms with E-state index in [-0.39, 0.29) is 0 Å². The summed E-state index contributed by atoms with van der Waals surface area (Å²) in [6, 6.07) is 0. The average Bonchev–Trinajstić information content (AvgIpc) is 2.42. The average molecular weight is 469 g/mol. The molecule has 0 aromatic carbocycles. The number of hydrogen-bond donors (Lipinski definition) is 0. The van der Waals surface area contributed by atoms with Crippen LogP contribution < -0.4 is 0 Å². The van der Waals surface area contributed by atoms with Crippen molar-refractivity contribution in [3.8, 4) is 0 Å². The Kier molecular flexibility index (Phi) is 6.03. The minimum absolute atomic E-state index is 5.45. The lowest BCUT2D eigenvalue weighted by Gasteiger charge is -2.41. The Balaban J connectivity index is 6.64. The molecule has 0 aromatic heterocycles. The molecule has 0 fully saturated rings. The van der Waals surface area contributed by atoms with Crippen molar-refractivity contribution in [3.63, 3.8) is 0 Å². The molecule has 28 heavy (non-hydrogen) atoms. The van der Waals surface area contributed by atoms with Gasteiger partial charge in [-0.2, -0.15) is 79.0 Å². The van der Waals surface area contributed by atoms with Crippen molar-refractivity contribution < 1.29 is 83.4 Å². The first-order valence-electron chi connectivity index (χ1n) is 5.59. The first kappa shape index (κ1) is 26.7. The van der Waals surface area contributed by atoms with Crippen LogP contribution in [0.2, 0.25) is 0 Å². The Morgan fingerprint density at radius 1 is 0.357 bits per heavy atom. The summed E-state index contributed by atoms with van der Waals surface area (Å²) in [5.41, 5.74) is 0. The Labute approximate surface area is 139 Å². The summed E-state index contributed by atoms with van der Waals surface area (Å²) in [7, 11) is 0. The smallest absolute Gasteiger partial charge is 0.222 e. The minimum Gasteiger partial charge on any atom is -0.222 e. The lowest BCUT2D eigenvalue weighted by molar-refractivity contribution is -0.454. The van der Waals surface area contributed by atoms with Crippen molar-refractivity contribution >= 4 is 0 Å². The summed E-state index contributed by atoms with van der Waals surface area (Å²) in [6.07, 6.45) is -20.6. The summed E-state index contributed by atoms with van der Waals surface area (Å²) in [5, 5.41) is 0. The van der Waals surface area contributed by atoms with E-state index in [1.807, 2.05) is 0 Å². The summed E-state index contributed by atoms with van der Waals surface area (Å²) >= 11 is 0. The fourth-order valence-electron chi connectivity index (χ4n) is 1.28. The molecular weight excluding hydrogens is 469 g/mol. The molecule has 169 valence electrons. The molecule has 0 atom stereocenters. The normalized spacial score (nSPS) is 16.7. The van der Waals surface area contributed by atoms with Crippen LogP contribution in [0.4, 0.5) is 83.4 Å². The highest BCUT2D eigenvalue weighted by molar-refractivity contribution is 5.18. The van der Waals surface area contributed by atoms with E-state index in [0.717, 1.165) is 0 Å². The van der Waals surface area contributed by atoms with Crippen LogP contribution in [0.25, 0.3) is 0 Å². The Hall–Kier alpha value is -1.33. The predicted octanol–water partition coefficient (Wildman–Crippen LogP) is 6.42. The SMILES string of the molecule is F[C](C(F)(F)F)C(F)(F)C(F)(F)C(F)(F)C(F)(F)C(F)(F)C(F)(F)C(F)(F)F. The fourth-order valence-corrected chi connectivity index (χ4v) is 1.28. The molecule has 0 saturated heterocycles. The van der Waals surface area contributed by atoms with Crippen LogP contribution in [0.5, 0.6) is 0 Å². The summed E-state index contributed by atoms with van der Waals surface area (Å²) in [5.74, 6) is -51.1. The molecule has 0 amide bonds. The molecule has 0 aromatic rings. The highest BCUT2D eigenvalue weighted by Gasteiger charge is 2.94. The molecule has 0 unspecified atom stereocenters. The Morgan fingerprint density at radius 3 is 0.857 bits per heavy atom. The maximum absolute atomic E-state index is 12.9. The Morgan fingerprint density at radius 2 is 0.607 bits per heavy atom. The highest BCUT2D eigenvalue weighted by Crippen LogP contribution is 2.64. The van der Waals surface area contributed by atoms with Crippen LogP contribution in [-0.4, -0.2) is 47.9 Å². The Bertz CT molecular complexity index is 561. The lowest BCUT2D eigenvalue weighted by atomic mass is 9.89. The molecule has 0 aliphatic rings. The third-order valence-corrected chi connectivity index (χ3v) is 2.85. The second-order valence-electron chi connectivity index (χ2n) is 4.76. The van der Waals surface area contributed by atoms with Gasteiger partial charge in [0.15, 0.2) is 0 Å². The quantitative estimate of drug-likeness (QED) is 0.394. The van der Waals surface area contributed by atoms with Gasteiger partial charge in [-0.25, -0.2) is 4.39 Å². The van der Waals surface area contributed by atoms with Crippen molar-refractivity contribution in [2.24, 2.45) is 0 Å². The van der Waals surface area contributed by atoms with Gasteiger partial charge in [-0.05, 0) is 0 Å². The fraction of sp³-hybridized carbons (Fsp3) is 0.889. The van der Waals surface area contributed by atoms with Crippen molar-refractivity contribution in [2.75, 3.05) is 0 Å². The van der Waals surface area contributed by atoms with Gasteiger partial charge >= 0.3 is 54.1 Å². The first-order chi connectivity index (χ1) is 11.7. The molecule has 0 heterocycles. The van der Waals surface area contributed by atoms with Crippen LogP contribution in [-0.2, 0) is 0 Å². The molecule has 0 nitrogen and oxygen atoms in total. The van der Waals surface area contributed by atoms with Gasteiger partial charge in [0.25, 0.3) is 0 Å². The van der Waals surface area contributed by atoms with Crippen LogP contribution in [0.3, 0.4) is 0 Å². The lowest BCUT2D eigenvalue weighted by Crippen LogP contribution is -2.73. The van der Waals surface area contributed by atoms with Crippen molar-refractivity contribution in [2.45, 2.75) is 47.9 Å². The molecule has 0 N–H and O–H groups in total. The van der Waals surface area contributed by atoms with Gasteiger partial charge in [-0.15, -0.1) is 0 Å². The second kappa shape index (κ2) is 6.33. The number of alkyl halides is 18. The zero-order valence-electron chi connectivity index (χ0n) is 11.7. The van der Waals surface area contributed by atoms with Gasteiger partial charge in [0.05, 0.1) is 0 Å². The second-order valence-corrected chi connectivity index (χ2v) is 4.76. The van der Waals surface area contributed by atoms with E-state index in [1.165, 1.54) is 0 Å². The van der Waals surface area contributed by atoms with Crippen LogP contribution in [0.15, 0.2) is 0 Å². The van der Waals surface area contributed by atoms with Gasteiger partial charge in [0.1, 0.15) is 0 Å². The van der Waals surface area contributed by atoms with E-state index in [0.29, 0.717) is 0 Å². The molecule has 0 aliphatic heterocycles. The molecule has 19 heteroatoms. The number of rotatable bonds is 6. The first-order valence-corrected chi connectivity index (χ1v) is 5.59. The van der Waals surface area contributed by atoms with Gasteiger partial charge in [0.2, 0.25) is 0 Å². The minimum atomic E-state index is -8.78. The van der Waals surface area contributed by atoms with Gasteiger partial charge in [0, 0.05) is 0 Å². The largest absolute Gasteiger partial charge is 0.460 e. The molecule has 0 spiro atoms. The standard InChI is InChI=1S/C9F19/c10-1(3(13,14)15)2(11,12)4(16,17)5(18,19)6(20,21)7(22,23)8(24,25)9(26,27)28. The molecule has 0 saturated carbocycles. The van der Waals surface area contributed by atoms with Gasteiger partial charge in [-0.1, -0.05) is 0 Å². The van der Waals surface area contributed by atoms with Crippen molar-refractivity contribution in [1.29, 1.82) is 0 Å². The van der Waals surface area contributed by atoms with Crippen LogP contribution in [0.1, 0.15) is 0 Å². The molecule has 0 rings (SSSR count). The monoisotopic (exact) mass is 469 g/mol. The van der Waals surface area contributed by atoms with E-state index in [2.05, 4.69) is 0 Å². The van der Waals surface area contributed by atoms with Gasteiger partial charge in [-0.3, -0.25) is 0 Å².